The first-order chi connectivity index (χ1) is 8.54. The zero-order valence-corrected chi connectivity index (χ0v) is 11.6. The fraction of sp³-hybridized carbons (Fsp3) is 0.154. The molecule has 0 aliphatic heterocycles. The molecule has 92 valence electrons. The lowest BCUT2D eigenvalue weighted by Gasteiger charge is -2.13. The van der Waals surface area contributed by atoms with E-state index in [-0.39, 0.29) is 5.56 Å². The Hall–Kier alpha value is -1.75. The Morgan fingerprint density at radius 3 is 2.39 bits per heavy atom. The van der Waals surface area contributed by atoms with Gasteiger partial charge >= 0.3 is 0 Å². The van der Waals surface area contributed by atoms with Crippen LogP contribution in [0.15, 0.2) is 44.9 Å². The molecule has 0 N–H and O–H groups in total. The van der Waals surface area contributed by atoms with Gasteiger partial charge in [0.25, 0.3) is 5.56 Å². The summed E-state index contributed by atoms with van der Waals surface area (Å²) in [7, 11) is 0. The van der Waals surface area contributed by atoms with E-state index < -0.39 is 0 Å². The Labute approximate surface area is 112 Å². The Morgan fingerprint density at radius 2 is 1.83 bits per heavy atom. The average molecular weight is 307 g/mol. The van der Waals surface area contributed by atoms with E-state index in [9.17, 15) is 9.70 Å². The summed E-state index contributed by atoms with van der Waals surface area (Å²) in [5.74, 6) is 0. The van der Waals surface area contributed by atoms with E-state index in [1.807, 2.05) is 13.8 Å². The highest BCUT2D eigenvalue weighted by atomic mass is 79.9. The van der Waals surface area contributed by atoms with E-state index >= 15 is 0 Å². The number of nitroso groups, excluding NO2 is 1. The number of aryl methyl sites for hydroxylation is 2. The fourth-order valence-corrected chi connectivity index (χ4v) is 2.35. The molecule has 2 rings (SSSR count). The molecule has 0 atom stereocenters. The lowest BCUT2D eigenvalue weighted by atomic mass is 10.1. The maximum atomic E-state index is 12.1. The minimum Gasteiger partial charge on any atom is -0.283 e. The zero-order valence-electron chi connectivity index (χ0n) is 9.98. The van der Waals surface area contributed by atoms with Crippen molar-refractivity contribution in [1.29, 1.82) is 0 Å². The van der Waals surface area contributed by atoms with Gasteiger partial charge in [0.1, 0.15) is 5.69 Å². The molecule has 0 spiro atoms. The number of benzene rings is 1. The van der Waals surface area contributed by atoms with Crippen LogP contribution in [0, 0.1) is 18.8 Å². The number of halogens is 1. The average Bonchev–Trinajstić information content (AvgIpc) is 2.33. The second kappa shape index (κ2) is 4.86. The fourth-order valence-electron chi connectivity index (χ4n) is 2.01. The summed E-state index contributed by atoms with van der Waals surface area (Å²) in [6.45, 7) is 3.70. The van der Waals surface area contributed by atoms with Crippen molar-refractivity contribution in [3.05, 3.63) is 61.3 Å². The summed E-state index contributed by atoms with van der Waals surface area (Å²) in [5.41, 5.74) is 2.70. The first kappa shape index (κ1) is 12.7. The van der Waals surface area contributed by atoms with Gasteiger partial charge < -0.3 is 0 Å². The lowest BCUT2D eigenvalue weighted by molar-refractivity contribution is 0.956. The van der Waals surface area contributed by atoms with Crippen LogP contribution in [0.2, 0.25) is 0 Å². The van der Waals surface area contributed by atoms with Crippen LogP contribution in [0.1, 0.15) is 11.1 Å². The molecular formula is C13H11BrN2O2. The number of aromatic nitrogens is 1. The number of pyridine rings is 1. The van der Waals surface area contributed by atoms with Crippen LogP contribution in [0.5, 0.6) is 0 Å². The first-order valence-electron chi connectivity index (χ1n) is 5.36. The van der Waals surface area contributed by atoms with Gasteiger partial charge in [0.15, 0.2) is 0 Å². The van der Waals surface area contributed by atoms with E-state index in [2.05, 4.69) is 21.1 Å². The van der Waals surface area contributed by atoms with Crippen LogP contribution in [0.25, 0.3) is 5.69 Å². The second-order valence-electron chi connectivity index (χ2n) is 4.05. The molecular weight excluding hydrogens is 296 g/mol. The molecule has 1 heterocycles. The van der Waals surface area contributed by atoms with Crippen LogP contribution < -0.4 is 5.56 Å². The molecule has 0 unspecified atom stereocenters. The second-order valence-corrected chi connectivity index (χ2v) is 4.91. The third-order valence-electron chi connectivity index (χ3n) is 2.72. The summed E-state index contributed by atoms with van der Waals surface area (Å²) in [6, 6.07) is 6.83. The van der Waals surface area contributed by atoms with Gasteiger partial charge in [-0.1, -0.05) is 0 Å². The molecule has 5 heteroatoms. The van der Waals surface area contributed by atoms with Crippen LogP contribution >= 0.6 is 15.9 Å². The minimum absolute atomic E-state index is 0.129. The minimum atomic E-state index is -0.129. The lowest BCUT2D eigenvalue weighted by Crippen LogP contribution is -2.19. The van der Waals surface area contributed by atoms with Gasteiger partial charge in [-0.05, 0) is 70.3 Å². The van der Waals surface area contributed by atoms with Crippen LogP contribution in [0.3, 0.4) is 0 Å². The van der Waals surface area contributed by atoms with Crippen LogP contribution in [-0.4, -0.2) is 4.57 Å². The Morgan fingerprint density at radius 1 is 1.22 bits per heavy atom. The van der Waals surface area contributed by atoms with Crippen molar-refractivity contribution < 1.29 is 0 Å². The van der Waals surface area contributed by atoms with Crippen molar-refractivity contribution in [2.75, 3.05) is 0 Å². The molecule has 1 aromatic heterocycles. The van der Waals surface area contributed by atoms with E-state index in [1.54, 1.807) is 35.0 Å². The van der Waals surface area contributed by atoms with E-state index in [0.29, 0.717) is 10.2 Å². The predicted octanol–water partition coefficient (Wildman–Crippen LogP) is 3.61. The van der Waals surface area contributed by atoms with Gasteiger partial charge in [-0.3, -0.25) is 9.36 Å². The van der Waals surface area contributed by atoms with Gasteiger partial charge in [-0.25, -0.2) is 0 Å². The third-order valence-corrected chi connectivity index (χ3v) is 3.33. The molecule has 0 aliphatic rings. The molecule has 1 aromatic carbocycles. The summed E-state index contributed by atoms with van der Waals surface area (Å²) >= 11 is 3.22. The number of hydrogen-bond acceptors (Lipinski definition) is 3. The van der Waals surface area contributed by atoms with E-state index in [0.717, 1.165) is 16.8 Å². The number of hydrogen-bond donors (Lipinski definition) is 0. The highest BCUT2D eigenvalue weighted by Gasteiger charge is 2.10. The predicted molar refractivity (Wildman–Crippen MR) is 74.7 cm³/mol. The standard InChI is InChI=1S/C13H11BrN2O2/c1-8-6-10(15-18)7-9(2)12(8)16-5-3-4-11(14)13(16)17/h3-7H,1-2H3. The van der Waals surface area contributed by atoms with E-state index in [1.165, 1.54) is 0 Å². The van der Waals surface area contributed by atoms with Gasteiger partial charge in [0, 0.05) is 6.20 Å². The van der Waals surface area contributed by atoms with Crippen molar-refractivity contribution >= 4 is 21.6 Å². The summed E-state index contributed by atoms with van der Waals surface area (Å²) in [4.78, 5) is 22.6. The molecule has 0 saturated carbocycles. The normalized spacial score (nSPS) is 10.4. The highest BCUT2D eigenvalue weighted by molar-refractivity contribution is 9.10. The van der Waals surface area contributed by atoms with Crippen molar-refractivity contribution in [2.45, 2.75) is 13.8 Å². The van der Waals surface area contributed by atoms with Crippen LogP contribution in [-0.2, 0) is 0 Å². The van der Waals surface area contributed by atoms with Crippen molar-refractivity contribution in [1.82, 2.24) is 4.57 Å². The highest BCUT2D eigenvalue weighted by Crippen LogP contribution is 2.24. The largest absolute Gasteiger partial charge is 0.283 e. The molecule has 2 aromatic rings. The molecule has 0 amide bonds. The molecule has 0 saturated heterocycles. The Kier molecular flexibility index (Phi) is 3.43. The molecule has 0 bridgehead atoms. The summed E-state index contributed by atoms with van der Waals surface area (Å²) < 4.78 is 2.06. The number of nitrogens with zero attached hydrogens (tertiary/aromatic N) is 2. The van der Waals surface area contributed by atoms with Crippen LogP contribution in [0.4, 0.5) is 5.69 Å². The summed E-state index contributed by atoms with van der Waals surface area (Å²) in [6.07, 6.45) is 1.70. The Balaban J connectivity index is 2.76. The van der Waals surface area contributed by atoms with Crippen molar-refractivity contribution in [3.63, 3.8) is 0 Å². The molecule has 0 fully saturated rings. The zero-order chi connectivity index (χ0) is 13.3. The quantitative estimate of drug-likeness (QED) is 0.796. The van der Waals surface area contributed by atoms with Gasteiger partial charge in [-0.15, -0.1) is 4.91 Å². The Bertz CT molecular complexity index is 654. The van der Waals surface area contributed by atoms with Gasteiger partial charge in [-0.2, -0.15) is 0 Å². The molecule has 0 aliphatic carbocycles. The molecule has 0 radical (unpaired) electrons. The first-order valence-corrected chi connectivity index (χ1v) is 6.16. The van der Waals surface area contributed by atoms with Crippen molar-refractivity contribution in [2.24, 2.45) is 5.18 Å². The maximum absolute atomic E-state index is 12.1. The van der Waals surface area contributed by atoms with Gasteiger partial charge in [0.2, 0.25) is 0 Å². The van der Waals surface area contributed by atoms with E-state index in [4.69, 9.17) is 0 Å². The maximum Gasteiger partial charge on any atom is 0.269 e. The topological polar surface area (TPSA) is 51.4 Å². The van der Waals surface area contributed by atoms with Crippen molar-refractivity contribution in [3.8, 4) is 5.69 Å². The SMILES string of the molecule is Cc1cc(N=O)cc(C)c1-n1cccc(Br)c1=O. The number of rotatable bonds is 2. The molecule has 18 heavy (non-hydrogen) atoms. The smallest absolute Gasteiger partial charge is 0.269 e. The molecule has 4 nitrogen and oxygen atoms in total. The summed E-state index contributed by atoms with van der Waals surface area (Å²) in [5, 5.41) is 2.92. The van der Waals surface area contributed by atoms with Gasteiger partial charge in [0.05, 0.1) is 10.2 Å². The third kappa shape index (κ3) is 2.13. The monoisotopic (exact) mass is 306 g/mol.